The highest BCUT2D eigenvalue weighted by Crippen LogP contribution is 2.29. The van der Waals surface area contributed by atoms with Gasteiger partial charge < -0.3 is 14.5 Å². The van der Waals surface area contributed by atoms with Crippen LogP contribution < -0.4 is 4.90 Å². The number of para-hydroxylation sites is 1. The zero-order valence-corrected chi connectivity index (χ0v) is 14.3. The largest absolute Gasteiger partial charge is 0.372 e. The van der Waals surface area contributed by atoms with Gasteiger partial charge in [0, 0.05) is 20.1 Å². The first-order valence-electron chi connectivity index (χ1n) is 7.63. The second-order valence-corrected chi connectivity index (χ2v) is 7.00. The van der Waals surface area contributed by atoms with E-state index < -0.39 is 0 Å². The predicted octanol–water partition coefficient (Wildman–Crippen LogP) is 2.51. The van der Waals surface area contributed by atoms with Crippen LogP contribution in [0.25, 0.3) is 10.2 Å². The van der Waals surface area contributed by atoms with Crippen LogP contribution in [0, 0.1) is 5.82 Å². The molecule has 5 nitrogen and oxygen atoms in total. The van der Waals surface area contributed by atoms with E-state index in [2.05, 4.69) is 4.98 Å². The molecule has 2 unspecified atom stereocenters. The number of hydrogen-bond acceptors (Lipinski definition) is 5. The van der Waals surface area contributed by atoms with Gasteiger partial charge >= 0.3 is 0 Å². The summed E-state index contributed by atoms with van der Waals surface area (Å²) in [6.07, 6.45) is 0.0918. The molecule has 23 heavy (non-hydrogen) atoms. The van der Waals surface area contributed by atoms with Crippen LogP contribution in [0.1, 0.15) is 13.8 Å². The minimum atomic E-state index is -0.333. The Labute approximate surface area is 138 Å². The van der Waals surface area contributed by atoms with Crippen molar-refractivity contribution in [2.75, 3.05) is 31.6 Å². The summed E-state index contributed by atoms with van der Waals surface area (Å²) in [6, 6.07) is 4.90. The van der Waals surface area contributed by atoms with E-state index in [9.17, 15) is 9.18 Å². The SMILES string of the molecule is CC1CN(C(=O)CN(C)c2nc3c(F)cccc3s2)CC(C)O1. The number of thiazole rings is 1. The molecule has 1 aliphatic rings. The molecule has 0 saturated carbocycles. The highest BCUT2D eigenvalue weighted by Gasteiger charge is 2.26. The smallest absolute Gasteiger partial charge is 0.242 e. The number of carbonyl (C=O) groups excluding carboxylic acids is 1. The number of morpholine rings is 1. The maximum Gasteiger partial charge on any atom is 0.242 e. The fourth-order valence-electron chi connectivity index (χ4n) is 2.82. The molecule has 2 aromatic rings. The zero-order chi connectivity index (χ0) is 16.6. The number of rotatable bonds is 3. The van der Waals surface area contributed by atoms with Crippen molar-refractivity contribution in [1.29, 1.82) is 0 Å². The first-order chi connectivity index (χ1) is 10.9. The van der Waals surface area contributed by atoms with Gasteiger partial charge in [-0.2, -0.15) is 0 Å². The third-order valence-corrected chi connectivity index (χ3v) is 4.96. The lowest BCUT2D eigenvalue weighted by Crippen LogP contribution is -2.50. The molecule has 3 rings (SSSR count). The van der Waals surface area contributed by atoms with Crippen LogP contribution in [0.5, 0.6) is 0 Å². The molecule has 1 aromatic carbocycles. The van der Waals surface area contributed by atoms with Crippen molar-refractivity contribution >= 4 is 32.6 Å². The second-order valence-electron chi connectivity index (χ2n) is 6.00. The van der Waals surface area contributed by atoms with Crippen molar-refractivity contribution in [3.63, 3.8) is 0 Å². The molecule has 0 spiro atoms. The maximum atomic E-state index is 13.7. The van der Waals surface area contributed by atoms with Gasteiger partial charge in [0.15, 0.2) is 5.13 Å². The first kappa shape index (κ1) is 16.1. The van der Waals surface area contributed by atoms with Crippen LogP contribution in [0.15, 0.2) is 18.2 Å². The molecule has 124 valence electrons. The summed E-state index contributed by atoms with van der Waals surface area (Å²) in [6.45, 7) is 5.36. The Bertz CT molecular complexity index is 710. The fourth-order valence-corrected chi connectivity index (χ4v) is 3.76. The van der Waals surface area contributed by atoms with Gasteiger partial charge in [-0.1, -0.05) is 17.4 Å². The van der Waals surface area contributed by atoms with Crippen molar-refractivity contribution in [1.82, 2.24) is 9.88 Å². The molecule has 0 N–H and O–H groups in total. The van der Waals surface area contributed by atoms with E-state index in [0.29, 0.717) is 23.7 Å². The van der Waals surface area contributed by atoms with Crippen LogP contribution >= 0.6 is 11.3 Å². The maximum absolute atomic E-state index is 13.7. The summed E-state index contributed by atoms with van der Waals surface area (Å²) in [7, 11) is 1.81. The van der Waals surface area contributed by atoms with Gasteiger partial charge in [-0.25, -0.2) is 9.37 Å². The molecule has 0 aliphatic carbocycles. The number of anilines is 1. The van der Waals surface area contributed by atoms with E-state index in [0.717, 1.165) is 4.70 Å². The molecule has 7 heteroatoms. The predicted molar refractivity (Wildman–Crippen MR) is 89.4 cm³/mol. The van der Waals surface area contributed by atoms with Crippen LogP contribution in [0.4, 0.5) is 9.52 Å². The third-order valence-electron chi connectivity index (χ3n) is 3.83. The highest BCUT2D eigenvalue weighted by atomic mass is 32.1. The third kappa shape index (κ3) is 3.45. The Morgan fingerprint density at radius 2 is 2.13 bits per heavy atom. The highest BCUT2D eigenvalue weighted by molar-refractivity contribution is 7.22. The van der Waals surface area contributed by atoms with E-state index >= 15 is 0 Å². The number of ether oxygens (including phenoxy) is 1. The fraction of sp³-hybridized carbons (Fsp3) is 0.500. The van der Waals surface area contributed by atoms with E-state index in [1.165, 1.54) is 17.4 Å². The van der Waals surface area contributed by atoms with Gasteiger partial charge in [-0.05, 0) is 26.0 Å². The number of likely N-dealkylation sites (N-methyl/N-ethyl adjacent to an activating group) is 1. The Hall–Kier alpha value is -1.73. The number of halogens is 1. The monoisotopic (exact) mass is 337 g/mol. The van der Waals surface area contributed by atoms with E-state index in [1.807, 2.05) is 24.8 Å². The van der Waals surface area contributed by atoms with Crippen molar-refractivity contribution in [3.05, 3.63) is 24.0 Å². The topological polar surface area (TPSA) is 45.7 Å². The minimum Gasteiger partial charge on any atom is -0.372 e. The standard InChI is InChI=1S/C16H20FN3O2S/c1-10-7-20(8-11(2)22-10)14(21)9-19(3)16-18-15-12(17)5-4-6-13(15)23-16/h4-6,10-11H,7-9H2,1-3H3. The molecular weight excluding hydrogens is 317 g/mol. The number of aromatic nitrogens is 1. The van der Waals surface area contributed by atoms with E-state index in [4.69, 9.17) is 4.74 Å². The van der Waals surface area contributed by atoms with Gasteiger partial charge in [-0.3, -0.25) is 4.79 Å². The molecule has 1 aromatic heterocycles. The van der Waals surface area contributed by atoms with Gasteiger partial charge in [0.1, 0.15) is 11.3 Å². The van der Waals surface area contributed by atoms with Crippen LogP contribution in [0.2, 0.25) is 0 Å². The van der Waals surface area contributed by atoms with Crippen molar-refractivity contribution < 1.29 is 13.9 Å². The molecule has 2 atom stereocenters. The molecule has 2 heterocycles. The summed E-state index contributed by atoms with van der Waals surface area (Å²) < 4.78 is 20.2. The van der Waals surface area contributed by atoms with E-state index in [1.54, 1.807) is 18.0 Å². The summed E-state index contributed by atoms with van der Waals surface area (Å²) in [5, 5.41) is 0.646. The number of carbonyl (C=O) groups is 1. The average Bonchev–Trinajstić information content (AvgIpc) is 2.92. The van der Waals surface area contributed by atoms with Gasteiger partial charge in [-0.15, -0.1) is 0 Å². The van der Waals surface area contributed by atoms with Gasteiger partial charge in [0.2, 0.25) is 5.91 Å². The van der Waals surface area contributed by atoms with E-state index in [-0.39, 0.29) is 30.5 Å². The quantitative estimate of drug-likeness (QED) is 0.863. The van der Waals surface area contributed by atoms with Crippen molar-refractivity contribution in [2.24, 2.45) is 0 Å². The molecule has 0 radical (unpaired) electrons. The summed E-state index contributed by atoms with van der Waals surface area (Å²) in [5.41, 5.74) is 0.361. The molecule has 1 amide bonds. The number of benzene rings is 1. The van der Waals surface area contributed by atoms with Crippen LogP contribution in [0.3, 0.4) is 0 Å². The number of hydrogen-bond donors (Lipinski definition) is 0. The number of nitrogens with zero attached hydrogens (tertiary/aromatic N) is 3. The lowest BCUT2D eigenvalue weighted by atomic mass is 10.2. The Balaban J connectivity index is 1.71. The van der Waals surface area contributed by atoms with Crippen molar-refractivity contribution in [2.45, 2.75) is 26.1 Å². The Morgan fingerprint density at radius 1 is 1.43 bits per heavy atom. The zero-order valence-electron chi connectivity index (χ0n) is 13.5. The summed E-state index contributed by atoms with van der Waals surface area (Å²) >= 11 is 1.39. The van der Waals surface area contributed by atoms with Crippen LogP contribution in [-0.2, 0) is 9.53 Å². The summed E-state index contributed by atoms with van der Waals surface area (Å²) in [5.74, 6) is -0.296. The lowest BCUT2D eigenvalue weighted by molar-refractivity contribution is -0.141. The minimum absolute atomic E-state index is 0.0363. The van der Waals surface area contributed by atoms with Crippen LogP contribution in [-0.4, -0.2) is 54.7 Å². The first-order valence-corrected chi connectivity index (χ1v) is 8.45. The molecule has 1 aliphatic heterocycles. The summed E-state index contributed by atoms with van der Waals surface area (Å²) in [4.78, 5) is 20.4. The second kappa shape index (κ2) is 6.41. The number of amides is 1. The molecule has 1 fully saturated rings. The lowest BCUT2D eigenvalue weighted by Gasteiger charge is -2.36. The van der Waals surface area contributed by atoms with Gasteiger partial charge in [0.05, 0.1) is 23.5 Å². The number of fused-ring (bicyclic) bond motifs is 1. The molecule has 1 saturated heterocycles. The van der Waals surface area contributed by atoms with Gasteiger partial charge in [0.25, 0.3) is 0 Å². The average molecular weight is 337 g/mol. The molecular formula is C16H20FN3O2S. The van der Waals surface area contributed by atoms with Crippen molar-refractivity contribution in [3.8, 4) is 0 Å². The molecule has 0 bridgehead atoms. The Morgan fingerprint density at radius 3 is 2.78 bits per heavy atom. The Kier molecular flexibility index (Phi) is 4.50. The normalized spacial score (nSPS) is 21.7.